The Morgan fingerprint density at radius 1 is 1.09 bits per heavy atom. The maximum absolute atomic E-state index is 14.3. The molecule has 0 aliphatic rings. The summed E-state index contributed by atoms with van der Waals surface area (Å²) in [5.74, 6) is -1.20. The summed E-state index contributed by atoms with van der Waals surface area (Å²) in [6.07, 6.45) is 1.60. The van der Waals surface area contributed by atoms with Gasteiger partial charge in [0, 0.05) is 27.9 Å². The van der Waals surface area contributed by atoms with Crippen LogP contribution in [0.1, 0.15) is 21.5 Å². The number of hydrogen-bond donors (Lipinski definition) is 0. The summed E-state index contributed by atoms with van der Waals surface area (Å²) >= 11 is 0. The largest absolute Gasteiger partial charge is 0.316 e. The quantitative estimate of drug-likeness (QED) is 0.652. The summed E-state index contributed by atoms with van der Waals surface area (Å²) in [5.41, 5.74) is 3.42. The molecule has 0 aliphatic heterocycles. The molecule has 23 heavy (non-hydrogen) atoms. The van der Waals surface area contributed by atoms with Crippen LogP contribution in [-0.4, -0.2) is 10.9 Å². The summed E-state index contributed by atoms with van der Waals surface area (Å²) in [6.45, 7) is 3.60. The van der Waals surface area contributed by atoms with Gasteiger partial charge < -0.3 is 0 Å². The Morgan fingerprint density at radius 3 is 2.57 bits per heavy atom. The van der Waals surface area contributed by atoms with Gasteiger partial charge in [-0.2, -0.15) is 0 Å². The van der Waals surface area contributed by atoms with Crippen LogP contribution < -0.4 is 0 Å². The summed E-state index contributed by atoms with van der Waals surface area (Å²) in [7, 11) is 0. The van der Waals surface area contributed by atoms with Gasteiger partial charge in [0.05, 0.1) is 5.52 Å². The number of aryl methyl sites for hydroxylation is 2. The van der Waals surface area contributed by atoms with Crippen LogP contribution in [0.5, 0.6) is 0 Å². The van der Waals surface area contributed by atoms with Gasteiger partial charge in [0.15, 0.2) is 0 Å². The summed E-state index contributed by atoms with van der Waals surface area (Å²) in [4.78, 5) is 26.4. The van der Waals surface area contributed by atoms with Crippen molar-refractivity contribution in [3.05, 3.63) is 70.0 Å². The Balaban J connectivity index is 2.35. The number of aromatic nitrogens is 1. The molecule has 0 bridgehead atoms. The van der Waals surface area contributed by atoms with Gasteiger partial charge >= 0.3 is 5.91 Å². The van der Waals surface area contributed by atoms with Crippen LogP contribution in [0.2, 0.25) is 0 Å². The molecule has 0 spiro atoms. The Kier molecular flexibility index (Phi) is 3.70. The van der Waals surface area contributed by atoms with E-state index in [1.165, 1.54) is 12.1 Å². The number of rotatable bonds is 2. The van der Waals surface area contributed by atoms with Crippen molar-refractivity contribution >= 4 is 16.8 Å². The van der Waals surface area contributed by atoms with Crippen molar-refractivity contribution in [1.29, 1.82) is 0 Å². The number of nitrogens with zero attached hydrogens (tertiary/aromatic N) is 2. The molecule has 0 atom stereocenters. The molecule has 0 radical (unpaired) electrons. The molecule has 4 nitrogen and oxygen atoms in total. The third-order valence-electron chi connectivity index (χ3n) is 3.78. The maximum Gasteiger partial charge on any atom is 0.316 e. The highest BCUT2D eigenvalue weighted by molar-refractivity contribution is 6.03. The summed E-state index contributed by atoms with van der Waals surface area (Å²) < 4.78 is 14.3. The van der Waals surface area contributed by atoms with E-state index in [0.717, 1.165) is 11.1 Å². The normalized spacial score (nSPS) is 10.7. The lowest BCUT2D eigenvalue weighted by atomic mass is 9.96. The zero-order chi connectivity index (χ0) is 16.6. The van der Waals surface area contributed by atoms with Crippen LogP contribution in [0, 0.1) is 24.6 Å². The number of pyridine rings is 1. The lowest BCUT2D eigenvalue weighted by Crippen LogP contribution is -1.97. The van der Waals surface area contributed by atoms with Crippen molar-refractivity contribution in [2.45, 2.75) is 13.8 Å². The van der Waals surface area contributed by atoms with E-state index in [4.69, 9.17) is 0 Å². The number of fused-ring (bicyclic) bond motifs is 1. The first-order valence-electron chi connectivity index (χ1n) is 7.05. The Bertz CT molecular complexity index is 951. The molecule has 1 heterocycles. The predicted molar refractivity (Wildman–Crippen MR) is 86.7 cm³/mol. The van der Waals surface area contributed by atoms with Gasteiger partial charge in [0.2, 0.25) is 0 Å². The van der Waals surface area contributed by atoms with Crippen LogP contribution in [-0.2, 0) is 0 Å². The van der Waals surface area contributed by atoms with Gasteiger partial charge in [-0.1, -0.05) is 12.1 Å². The maximum atomic E-state index is 14.3. The van der Waals surface area contributed by atoms with Crippen molar-refractivity contribution in [2.24, 2.45) is 5.18 Å². The van der Waals surface area contributed by atoms with Gasteiger partial charge in [-0.05, 0) is 54.8 Å². The molecular formula is C18H13FN2O2. The molecule has 0 saturated heterocycles. The SMILES string of the molecule is Cc1ccc(-c2ccnc3c(C)cc(C(=O)N=O)cc23)c(F)c1. The first kappa shape index (κ1) is 15.0. The highest BCUT2D eigenvalue weighted by Gasteiger charge is 2.14. The number of halogens is 1. The minimum Gasteiger partial charge on any atom is -0.263 e. The Morgan fingerprint density at radius 2 is 1.87 bits per heavy atom. The standard InChI is InChI=1S/C18H13FN2O2/c1-10-3-4-14(16(19)7-10)13-5-6-20-17-11(2)8-12(9-15(13)17)18(22)21-23/h3-9H,1-2H3. The van der Waals surface area contributed by atoms with Crippen LogP contribution in [0.25, 0.3) is 22.0 Å². The molecule has 3 rings (SSSR count). The van der Waals surface area contributed by atoms with Gasteiger partial charge in [-0.3, -0.25) is 9.78 Å². The molecule has 0 N–H and O–H groups in total. The fourth-order valence-corrected chi connectivity index (χ4v) is 2.68. The van der Waals surface area contributed by atoms with Gasteiger partial charge in [0.25, 0.3) is 0 Å². The van der Waals surface area contributed by atoms with Crippen LogP contribution in [0.4, 0.5) is 4.39 Å². The van der Waals surface area contributed by atoms with Crippen LogP contribution >= 0.6 is 0 Å². The first-order chi connectivity index (χ1) is 11.0. The zero-order valence-corrected chi connectivity index (χ0v) is 12.6. The lowest BCUT2D eigenvalue weighted by Gasteiger charge is -2.10. The van der Waals surface area contributed by atoms with Crippen molar-refractivity contribution in [1.82, 2.24) is 4.98 Å². The minimum atomic E-state index is -0.853. The van der Waals surface area contributed by atoms with Gasteiger partial charge in [0.1, 0.15) is 5.82 Å². The fourth-order valence-electron chi connectivity index (χ4n) is 2.68. The lowest BCUT2D eigenvalue weighted by molar-refractivity contribution is 0.100. The molecule has 2 aromatic carbocycles. The van der Waals surface area contributed by atoms with Crippen LogP contribution in [0.3, 0.4) is 0 Å². The van der Waals surface area contributed by atoms with E-state index < -0.39 is 5.91 Å². The van der Waals surface area contributed by atoms with Gasteiger partial charge in [-0.15, -0.1) is 4.91 Å². The average Bonchev–Trinajstić information content (AvgIpc) is 2.54. The molecule has 5 heteroatoms. The Labute approximate surface area is 132 Å². The van der Waals surface area contributed by atoms with E-state index in [9.17, 15) is 14.1 Å². The smallest absolute Gasteiger partial charge is 0.263 e. The number of benzene rings is 2. The summed E-state index contributed by atoms with van der Waals surface area (Å²) in [6, 6.07) is 9.76. The number of hydrogen-bond acceptors (Lipinski definition) is 3. The average molecular weight is 308 g/mol. The molecule has 0 saturated carbocycles. The number of nitroso groups, excluding NO2 is 1. The molecule has 114 valence electrons. The van der Waals surface area contributed by atoms with E-state index in [2.05, 4.69) is 10.2 Å². The van der Waals surface area contributed by atoms with Crippen molar-refractivity contribution in [3.63, 3.8) is 0 Å². The van der Waals surface area contributed by atoms with Crippen LogP contribution in [0.15, 0.2) is 47.8 Å². The predicted octanol–water partition coefficient (Wildman–Crippen LogP) is 4.56. The van der Waals surface area contributed by atoms with Gasteiger partial charge in [-0.25, -0.2) is 4.39 Å². The molecule has 0 fully saturated rings. The van der Waals surface area contributed by atoms with E-state index in [1.807, 2.05) is 13.0 Å². The molecular weight excluding hydrogens is 295 g/mol. The van der Waals surface area contributed by atoms with E-state index >= 15 is 0 Å². The summed E-state index contributed by atoms with van der Waals surface area (Å²) in [5, 5.41) is 3.07. The third-order valence-corrected chi connectivity index (χ3v) is 3.78. The van der Waals surface area contributed by atoms with Crippen molar-refractivity contribution in [2.75, 3.05) is 0 Å². The number of amides is 1. The minimum absolute atomic E-state index is 0.173. The second-order valence-electron chi connectivity index (χ2n) is 5.43. The highest BCUT2D eigenvalue weighted by atomic mass is 19.1. The first-order valence-corrected chi connectivity index (χ1v) is 7.05. The molecule has 0 aliphatic carbocycles. The molecule has 1 amide bonds. The number of carbonyl (C=O) groups is 1. The fraction of sp³-hybridized carbons (Fsp3) is 0.111. The topological polar surface area (TPSA) is 59.4 Å². The second kappa shape index (κ2) is 5.68. The second-order valence-corrected chi connectivity index (χ2v) is 5.43. The molecule has 3 aromatic rings. The molecule has 0 unspecified atom stereocenters. The monoisotopic (exact) mass is 308 g/mol. The zero-order valence-electron chi connectivity index (χ0n) is 12.6. The Hall–Kier alpha value is -2.95. The van der Waals surface area contributed by atoms with Crippen molar-refractivity contribution in [3.8, 4) is 11.1 Å². The van der Waals surface area contributed by atoms with E-state index in [0.29, 0.717) is 22.0 Å². The highest BCUT2D eigenvalue weighted by Crippen LogP contribution is 2.32. The molecule has 1 aromatic heterocycles. The third kappa shape index (κ3) is 2.61. The van der Waals surface area contributed by atoms with E-state index in [-0.39, 0.29) is 11.4 Å². The van der Waals surface area contributed by atoms with Crippen molar-refractivity contribution < 1.29 is 9.18 Å². The number of carbonyl (C=O) groups excluding carboxylic acids is 1. The van der Waals surface area contributed by atoms with E-state index in [1.54, 1.807) is 31.3 Å².